The summed E-state index contributed by atoms with van der Waals surface area (Å²) in [6, 6.07) is 8.70. The Hall–Kier alpha value is -1.75. The first-order valence-electron chi connectivity index (χ1n) is 5.82. The quantitative estimate of drug-likeness (QED) is 0.781. The third-order valence-electron chi connectivity index (χ3n) is 2.83. The summed E-state index contributed by atoms with van der Waals surface area (Å²) >= 11 is 3.31. The third-order valence-corrected chi connectivity index (χ3v) is 3.45. The van der Waals surface area contributed by atoms with Crippen molar-refractivity contribution >= 4 is 21.7 Å². The Balaban J connectivity index is 2.24. The molecule has 0 saturated heterocycles. The van der Waals surface area contributed by atoms with Crippen LogP contribution in [-0.4, -0.2) is 12.9 Å². The Morgan fingerprint density at radius 2 is 2.00 bits per heavy atom. The molecule has 0 aliphatic rings. The Kier molecular flexibility index (Phi) is 4.49. The second-order valence-electron chi connectivity index (χ2n) is 4.17. The van der Waals surface area contributed by atoms with Crippen LogP contribution in [0.3, 0.4) is 0 Å². The Labute approximate surface area is 123 Å². The van der Waals surface area contributed by atoms with E-state index in [2.05, 4.69) is 15.9 Å². The van der Waals surface area contributed by atoms with E-state index in [9.17, 15) is 13.6 Å². The van der Waals surface area contributed by atoms with Gasteiger partial charge in [-0.05, 0) is 45.8 Å². The molecule has 0 aromatic heterocycles. The van der Waals surface area contributed by atoms with Crippen molar-refractivity contribution in [3.05, 3.63) is 63.6 Å². The summed E-state index contributed by atoms with van der Waals surface area (Å²) in [5.74, 6) is -1.96. The number of Topliss-reactive ketones (excluding diaryl/α,β-unsaturated/α-hetero) is 1. The van der Waals surface area contributed by atoms with E-state index < -0.39 is 17.4 Å². The number of hydrogen-bond donors (Lipinski definition) is 0. The maximum Gasteiger partial charge on any atom is 0.170 e. The van der Waals surface area contributed by atoms with E-state index in [1.165, 1.54) is 19.2 Å². The lowest BCUT2D eigenvalue weighted by Crippen LogP contribution is -2.07. The molecule has 2 nitrogen and oxygen atoms in total. The molecule has 0 fully saturated rings. The first-order chi connectivity index (χ1) is 9.52. The number of rotatable bonds is 4. The van der Waals surface area contributed by atoms with Crippen molar-refractivity contribution in [3.63, 3.8) is 0 Å². The number of hydrogen-bond acceptors (Lipinski definition) is 2. The van der Waals surface area contributed by atoms with Gasteiger partial charge in [0.2, 0.25) is 0 Å². The van der Waals surface area contributed by atoms with Gasteiger partial charge in [-0.15, -0.1) is 0 Å². The minimum absolute atomic E-state index is 0.0109. The molecule has 0 heterocycles. The summed E-state index contributed by atoms with van der Waals surface area (Å²) in [4.78, 5) is 12.0. The third kappa shape index (κ3) is 3.04. The van der Waals surface area contributed by atoms with Gasteiger partial charge in [-0.2, -0.15) is 0 Å². The van der Waals surface area contributed by atoms with Gasteiger partial charge in [0, 0.05) is 6.42 Å². The molecule has 20 heavy (non-hydrogen) atoms. The topological polar surface area (TPSA) is 26.3 Å². The van der Waals surface area contributed by atoms with Crippen LogP contribution in [0.1, 0.15) is 15.9 Å². The van der Waals surface area contributed by atoms with Crippen molar-refractivity contribution < 1.29 is 18.3 Å². The molecule has 5 heteroatoms. The lowest BCUT2D eigenvalue weighted by Gasteiger charge is -2.07. The van der Waals surface area contributed by atoms with Gasteiger partial charge in [-0.1, -0.05) is 12.1 Å². The van der Waals surface area contributed by atoms with Crippen LogP contribution >= 0.6 is 15.9 Å². The predicted octanol–water partition coefficient (Wildman–Crippen LogP) is 4.16. The van der Waals surface area contributed by atoms with E-state index in [1.807, 2.05) is 0 Å². The molecule has 0 amide bonds. The fourth-order valence-corrected chi connectivity index (χ4v) is 2.41. The monoisotopic (exact) mass is 340 g/mol. The molecule has 0 radical (unpaired) electrons. The molecule has 2 aromatic rings. The maximum atomic E-state index is 13.5. The number of benzene rings is 2. The van der Waals surface area contributed by atoms with Gasteiger partial charge >= 0.3 is 0 Å². The molecule has 2 rings (SSSR count). The molecule has 0 bridgehead atoms. The molecule has 0 saturated carbocycles. The predicted molar refractivity (Wildman–Crippen MR) is 75.1 cm³/mol. The van der Waals surface area contributed by atoms with Crippen molar-refractivity contribution in [2.24, 2.45) is 0 Å². The van der Waals surface area contributed by atoms with Gasteiger partial charge in [0.1, 0.15) is 5.75 Å². The van der Waals surface area contributed by atoms with E-state index in [0.717, 1.165) is 6.07 Å². The van der Waals surface area contributed by atoms with Crippen LogP contribution < -0.4 is 4.74 Å². The zero-order valence-corrected chi connectivity index (χ0v) is 12.2. The number of methoxy groups -OCH3 is 1. The fraction of sp³-hybridized carbons (Fsp3) is 0.133. The molecule has 104 valence electrons. The van der Waals surface area contributed by atoms with Crippen LogP contribution in [-0.2, 0) is 6.42 Å². The van der Waals surface area contributed by atoms with Gasteiger partial charge in [0.05, 0.1) is 17.1 Å². The van der Waals surface area contributed by atoms with Crippen molar-refractivity contribution in [1.29, 1.82) is 0 Å². The van der Waals surface area contributed by atoms with Crippen LogP contribution in [0.25, 0.3) is 0 Å². The molecule has 0 aliphatic heterocycles. The summed E-state index contributed by atoms with van der Waals surface area (Å²) < 4.78 is 32.4. The summed E-state index contributed by atoms with van der Waals surface area (Å²) in [6.45, 7) is 0. The minimum atomic E-state index is -1.11. The standard InChI is InChI=1S/C15H11BrF2O2/c1-20-14-6-5-9(7-11(14)16)8-13(19)10-3-2-4-12(17)15(10)18/h2-7H,8H2,1H3. The summed E-state index contributed by atoms with van der Waals surface area (Å²) in [5, 5.41) is 0. The highest BCUT2D eigenvalue weighted by molar-refractivity contribution is 9.10. The minimum Gasteiger partial charge on any atom is -0.496 e. The zero-order valence-electron chi connectivity index (χ0n) is 10.6. The summed E-state index contributed by atoms with van der Waals surface area (Å²) in [6.07, 6.45) is -0.0109. The van der Waals surface area contributed by atoms with Crippen LogP contribution in [0, 0.1) is 11.6 Å². The van der Waals surface area contributed by atoms with E-state index >= 15 is 0 Å². The molecule has 0 spiro atoms. The SMILES string of the molecule is COc1ccc(CC(=O)c2cccc(F)c2F)cc1Br. The van der Waals surface area contributed by atoms with Gasteiger partial charge < -0.3 is 4.74 Å². The number of ketones is 1. The van der Waals surface area contributed by atoms with Crippen LogP contribution in [0.5, 0.6) is 5.75 Å². The normalized spacial score (nSPS) is 10.4. The van der Waals surface area contributed by atoms with Crippen LogP contribution in [0.15, 0.2) is 40.9 Å². The van der Waals surface area contributed by atoms with Crippen molar-refractivity contribution in [2.75, 3.05) is 7.11 Å². The van der Waals surface area contributed by atoms with Gasteiger partial charge in [-0.3, -0.25) is 4.79 Å². The van der Waals surface area contributed by atoms with Gasteiger partial charge in [0.15, 0.2) is 17.4 Å². The molecular formula is C15H11BrF2O2. The molecule has 2 aromatic carbocycles. The van der Waals surface area contributed by atoms with Crippen molar-refractivity contribution in [3.8, 4) is 5.75 Å². The average molecular weight is 341 g/mol. The van der Waals surface area contributed by atoms with Crippen LogP contribution in [0.2, 0.25) is 0 Å². The lowest BCUT2D eigenvalue weighted by atomic mass is 10.0. The fourth-order valence-electron chi connectivity index (χ4n) is 1.82. The molecule has 0 aliphatic carbocycles. The molecule has 0 unspecified atom stereocenters. The van der Waals surface area contributed by atoms with Crippen LogP contribution in [0.4, 0.5) is 8.78 Å². The first kappa shape index (κ1) is 14.7. The zero-order chi connectivity index (χ0) is 14.7. The lowest BCUT2D eigenvalue weighted by molar-refractivity contribution is 0.0988. The van der Waals surface area contributed by atoms with Crippen molar-refractivity contribution in [1.82, 2.24) is 0 Å². The highest BCUT2D eigenvalue weighted by Gasteiger charge is 2.15. The number of ether oxygens (including phenoxy) is 1. The molecule has 0 N–H and O–H groups in total. The van der Waals surface area contributed by atoms with Gasteiger partial charge in [0.25, 0.3) is 0 Å². The maximum absolute atomic E-state index is 13.5. The number of halogens is 3. The van der Waals surface area contributed by atoms with E-state index in [1.54, 1.807) is 18.2 Å². The summed E-state index contributed by atoms with van der Waals surface area (Å²) in [5.41, 5.74) is 0.447. The van der Waals surface area contributed by atoms with Gasteiger partial charge in [-0.25, -0.2) is 8.78 Å². The average Bonchev–Trinajstić information content (AvgIpc) is 2.42. The molecule has 0 atom stereocenters. The Bertz CT molecular complexity index is 656. The smallest absolute Gasteiger partial charge is 0.170 e. The summed E-state index contributed by atoms with van der Waals surface area (Å²) in [7, 11) is 1.53. The number of carbonyl (C=O) groups excluding carboxylic acids is 1. The van der Waals surface area contributed by atoms with E-state index in [-0.39, 0.29) is 12.0 Å². The first-order valence-corrected chi connectivity index (χ1v) is 6.62. The van der Waals surface area contributed by atoms with E-state index in [4.69, 9.17) is 4.74 Å². The second-order valence-corrected chi connectivity index (χ2v) is 5.02. The Morgan fingerprint density at radius 1 is 1.25 bits per heavy atom. The van der Waals surface area contributed by atoms with E-state index in [0.29, 0.717) is 15.8 Å². The number of carbonyl (C=O) groups is 1. The highest BCUT2D eigenvalue weighted by atomic mass is 79.9. The highest BCUT2D eigenvalue weighted by Crippen LogP contribution is 2.26. The second kappa shape index (κ2) is 6.13. The molecular weight excluding hydrogens is 330 g/mol. The Morgan fingerprint density at radius 3 is 2.65 bits per heavy atom. The largest absolute Gasteiger partial charge is 0.496 e. The van der Waals surface area contributed by atoms with Crippen molar-refractivity contribution in [2.45, 2.75) is 6.42 Å².